The second-order valence-electron chi connectivity index (χ2n) is 9.00. The summed E-state index contributed by atoms with van der Waals surface area (Å²) in [7, 11) is 0. The number of nitrogens with zero attached hydrogens (tertiary/aromatic N) is 7. The molecule has 0 unspecified atom stereocenters. The Bertz CT molecular complexity index is 1350. The molecule has 3 aromatic rings. The van der Waals surface area contributed by atoms with Gasteiger partial charge in [0.05, 0.1) is 40.3 Å². The van der Waals surface area contributed by atoms with Crippen LogP contribution in [0.2, 0.25) is 5.02 Å². The smallest absolute Gasteiger partial charge is 0.247 e. The van der Waals surface area contributed by atoms with E-state index in [0.717, 1.165) is 12.8 Å². The number of aromatic nitrogens is 4. The molecule has 1 aromatic carbocycles. The molecule has 2 aromatic heterocycles. The van der Waals surface area contributed by atoms with E-state index >= 15 is 0 Å². The summed E-state index contributed by atoms with van der Waals surface area (Å²) in [6.45, 7) is 2.69. The number of piperidine rings is 1. The van der Waals surface area contributed by atoms with E-state index in [9.17, 15) is 15.6 Å². The number of nitriles is 2. The highest BCUT2D eigenvalue weighted by atomic mass is 35.5. The minimum absolute atomic E-state index is 0.196. The molecule has 174 valence electrons. The molecule has 5 N–H and O–H groups in total. The van der Waals surface area contributed by atoms with Crippen LogP contribution in [0, 0.1) is 22.7 Å². The number of halogens is 1. The first-order chi connectivity index (χ1) is 16.3. The number of nitrogens with one attached hydrogen (secondary N) is 2. The van der Waals surface area contributed by atoms with Crippen molar-refractivity contribution in [2.24, 2.45) is 5.73 Å². The molecule has 0 spiro atoms. The maximum absolute atomic E-state index is 10.5. The number of hydrogen-bond donors (Lipinski definition) is 4. The molecule has 12 heteroatoms. The van der Waals surface area contributed by atoms with Crippen molar-refractivity contribution < 1.29 is 5.11 Å². The lowest BCUT2D eigenvalue weighted by molar-refractivity contribution is 0.0795. The SMILES string of the molecule is C[C@]1(N)CCN(c2cc(C#N)cc(Nc3nc(NC4CC4)c4ncc(C#N)n4n3)c2Cl)C[C@@H]1O. The van der Waals surface area contributed by atoms with Gasteiger partial charge in [0.2, 0.25) is 5.95 Å². The van der Waals surface area contributed by atoms with Gasteiger partial charge in [0.15, 0.2) is 17.2 Å². The zero-order valence-corrected chi connectivity index (χ0v) is 19.2. The number of rotatable bonds is 5. The van der Waals surface area contributed by atoms with E-state index in [-0.39, 0.29) is 11.6 Å². The number of benzene rings is 1. The van der Waals surface area contributed by atoms with Crippen molar-refractivity contribution in [3.05, 3.63) is 34.6 Å². The Morgan fingerprint density at radius 3 is 2.76 bits per heavy atom. The summed E-state index contributed by atoms with van der Waals surface area (Å²) in [6.07, 6.45) is 3.34. The minimum Gasteiger partial charge on any atom is -0.389 e. The minimum atomic E-state index is -0.744. The van der Waals surface area contributed by atoms with Gasteiger partial charge in [-0.2, -0.15) is 20.0 Å². The van der Waals surface area contributed by atoms with Crippen molar-refractivity contribution >= 4 is 40.4 Å². The highest BCUT2D eigenvalue weighted by Gasteiger charge is 2.35. The molecule has 5 rings (SSSR count). The average Bonchev–Trinajstić information content (AvgIpc) is 3.53. The second-order valence-corrected chi connectivity index (χ2v) is 9.38. The molecule has 3 heterocycles. The third kappa shape index (κ3) is 4.05. The first-order valence-corrected chi connectivity index (χ1v) is 11.3. The lowest BCUT2D eigenvalue weighted by Gasteiger charge is -2.42. The molecule has 2 fully saturated rings. The predicted molar refractivity (Wildman–Crippen MR) is 127 cm³/mol. The van der Waals surface area contributed by atoms with E-state index in [1.54, 1.807) is 12.1 Å². The van der Waals surface area contributed by atoms with Crippen LogP contribution in [0.3, 0.4) is 0 Å². The van der Waals surface area contributed by atoms with Crippen molar-refractivity contribution in [1.29, 1.82) is 10.5 Å². The molecule has 0 amide bonds. The van der Waals surface area contributed by atoms with Gasteiger partial charge in [0.1, 0.15) is 6.07 Å². The summed E-state index contributed by atoms with van der Waals surface area (Å²) >= 11 is 6.76. The van der Waals surface area contributed by atoms with Gasteiger partial charge in [-0.25, -0.2) is 4.98 Å². The molecule has 0 radical (unpaired) electrons. The van der Waals surface area contributed by atoms with E-state index in [2.05, 4.69) is 37.8 Å². The molecule has 1 aliphatic carbocycles. The number of hydrogen-bond acceptors (Lipinski definition) is 10. The monoisotopic (exact) mass is 478 g/mol. The number of β-amino-alcohol motifs (C(OH)–C–C–N with tert-alkyl or cyclic N) is 1. The number of nitrogens with two attached hydrogens (primary N) is 1. The molecular weight excluding hydrogens is 456 g/mol. The largest absolute Gasteiger partial charge is 0.389 e. The quantitative estimate of drug-likeness (QED) is 0.426. The highest BCUT2D eigenvalue weighted by molar-refractivity contribution is 6.36. The zero-order valence-electron chi connectivity index (χ0n) is 18.5. The standard InChI is InChI=1S/C22H23ClN10O/c1-22(26)4-5-32(11-17(22)34)16-7-12(8-24)6-15(18(16)23)29-21-30-19(28-13-2-3-13)20-27-10-14(9-25)33(20)31-21/h6-7,10,13,17,34H,2-5,11,26H2,1H3,(H2,28,29,30,31)/t17-,22-/m0/s1. The van der Waals surface area contributed by atoms with Gasteiger partial charge in [-0.05, 0) is 38.3 Å². The molecular formula is C22H23ClN10O. The van der Waals surface area contributed by atoms with Crippen molar-refractivity contribution in [2.45, 2.75) is 43.9 Å². The second kappa shape index (κ2) is 8.29. The Hall–Kier alpha value is -3.64. The van der Waals surface area contributed by atoms with E-state index in [1.165, 1.54) is 10.7 Å². The molecule has 2 atom stereocenters. The maximum atomic E-state index is 10.5. The van der Waals surface area contributed by atoms with Gasteiger partial charge in [-0.3, -0.25) is 0 Å². The van der Waals surface area contributed by atoms with Gasteiger partial charge >= 0.3 is 0 Å². The Kier molecular flexibility index (Phi) is 5.41. The third-order valence-electron chi connectivity index (χ3n) is 6.24. The molecule has 11 nitrogen and oxygen atoms in total. The Labute approximate surface area is 200 Å². The summed E-state index contributed by atoms with van der Waals surface area (Å²) in [5, 5.41) is 40.7. The number of aliphatic hydroxyl groups is 1. The third-order valence-corrected chi connectivity index (χ3v) is 6.64. The summed E-state index contributed by atoms with van der Waals surface area (Å²) < 4.78 is 1.42. The van der Waals surface area contributed by atoms with Crippen LogP contribution in [0.25, 0.3) is 5.65 Å². The number of anilines is 4. The van der Waals surface area contributed by atoms with Gasteiger partial charge in [-0.15, -0.1) is 5.10 Å². The normalized spacial score (nSPS) is 22.3. The summed E-state index contributed by atoms with van der Waals surface area (Å²) in [6, 6.07) is 7.84. The fourth-order valence-corrected chi connectivity index (χ4v) is 4.19. The number of imidazole rings is 1. The van der Waals surface area contributed by atoms with Gasteiger partial charge < -0.3 is 26.4 Å². The number of fused-ring (bicyclic) bond motifs is 1. The maximum Gasteiger partial charge on any atom is 0.247 e. The van der Waals surface area contributed by atoms with E-state index in [0.29, 0.717) is 59.0 Å². The lowest BCUT2D eigenvalue weighted by atomic mass is 9.88. The van der Waals surface area contributed by atoms with Crippen LogP contribution in [0.1, 0.15) is 37.4 Å². The van der Waals surface area contributed by atoms with Crippen LogP contribution in [0.4, 0.5) is 23.1 Å². The zero-order chi connectivity index (χ0) is 24.0. The van der Waals surface area contributed by atoms with Crippen molar-refractivity contribution in [3.8, 4) is 12.1 Å². The highest BCUT2D eigenvalue weighted by Crippen LogP contribution is 2.38. The molecule has 34 heavy (non-hydrogen) atoms. The van der Waals surface area contributed by atoms with Crippen molar-refractivity contribution in [1.82, 2.24) is 19.6 Å². The van der Waals surface area contributed by atoms with E-state index < -0.39 is 11.6 Å². The van der Waals surface area contributed by atoms with Crippen molar-refractivity contribution in [2.75, 3.05) is 28.6 Å². The Morgan fingerprint density at radius 2 is 2.09 bits per heavy atom. The van der Waals surface area contributed by atoms with Gasteiger partial charge in [0, 0.05) is 24.7 Å². The molecule has 2 aliphatic rings. The molecule has 1 saturated heterocycles. The van der Waals surface area contributed by atoms with Crippen molar-refractivity contribution in [3.63, 3.8) is 0 Å². The molecule has 0 bridgehead atoms. The summed E-state index contributed by atoms with van der Waals surface area (Å²) in [5.74, 6) is 0.706. The fraction of sp³-hybridized carbons (Fsp3) is 0.409. The number of aliphatic hydroxyl groups excluding tert-OH is 1. The Balaban J connectivity index is 1.53. The average molecular weight is 479 g/mol. The molecule has 1 aliphatic heterocycles. The van der Waals surface area contributed by atoms with Gasteiger partial charge in [-0.1, -0.05) is 11.6 Å². The van der Waals surface area contributed by atoms with Crippen LogP contribution >= 0.6 is 11.6 Å². The van der Waals surface area contributed by atoms with Crippen LogP contribution in [-0.2, 0) is 0 Å². The topological polar surface area (TPSA) is 164 Å². The first kappa shape index (κ1) is 22.2. The summed E-state index contributed by atoms with van der Waals surface area (Å²) in [4.78, 5) is 10.7. The Morgan fingerprint density at radius 1 is 1.29 bits per heavy atom. The van der Waals surface area contributed by atoms with Gasteiger partial charge in [0.25, 0.3) is 0 Å². The van der Waals surface area contributed by atoms with Crippen LogP contribution in [0.5, 0.6) is 0 Å². The van der Waals surface area contributed by atoms with Crippen LogP contribution < -0.4 is 21.3 Å². The van der Waals surface area contributed by atoms with E-state index in [1.807, 2.05) is 11.8 Å². The lowest BCUT2D eigenvalue weighted by Crippen LogP contribution is -2.59. The van der Waals surface area contributed by atoms with Crippen LogP contribution in [-0.4, -0.2) is 55.5 Å². The molecule has 1 saturated carbocycles. The first-order valence-electron chi connectivity index (χ1n) is 10.9. The van der Waals surface area contributed by atoms with Crippen LogP contribution in [0.15, 0.2) is 18.3 Å². The predicted octanol–water partition coefficient (Wildman–Crippen LogP) is 2.13. The summed E-state index contributed by atoms with van der Waals surface area (Å²) in [5.41, 5.74) is 7.64. The van der Waals surface area contributed by atoms with E-state index in [4.69, 9.17) is 17.3 Å². The fourth-order valence-electron chi connectivity index (χ4n) is 3.91.